The molecule has 7 nitrogen and oxygen atoms in total. The van der Waals surface area contributed by atoms with E-state index in [4.69, 9.17) is 4.74 Å². The molecule has 0 atom stereocenters. The highest BCUT2D eigenvalue weighted by molar-refractivity contribution is 7.89. The van der Waals surface area contributed by atoms with E-state index >= 15 is 0 Å². The van der Waals surface area contributed by atoms with Gasteiger partial charge in [0.2, 0.25) is 10.0 Å². The van der Waals surface area contributed by atoms with Gasteiger partial charge in [-0.1, -0.05) is 26.0 Å². The van der Waals surface area contributed by atoms with Gasteiger partial charge < -0.3 is 4.74 Å². The number of nitro benzene ring substituents is 1. The van der Waals surface area contributed by atoms with Gasteiger partial charge in [0.15, 0.2) is 5.75 Å². The second-order valence-electron chi connectivity index (χ2n) is 5.39. The van der Waals surface area contributed by atoms with Gasteiger partial charge in [-0.2, -0.15) is 4.31 Å². The number of nitrogens with zero attached hydrogens (tertiary/aromatic N) is 2. The number of ether oxygens (including phenoxy) is 1. The summed E-state index contributed by atoms with van der Waals surface area (Å²) in [7, 11) is -3.81. The third-order valence-electron chi connectivity index (χ3n) is 3.78. The van der Waals surface area contributed by atoms with Gasteiger partial charge in [-0.25, -0.2) is 12.8 Å². The summed E-state index contributed by atoms with van der Waals surface area (Å²) in [5.41, 5.74) is 0.181. The van der Waals surface area contributed by atoms with Crippen LogP contribution in [0, 0.1) is 15.9 Å². The number of rotatable bonds is 8. The molecule has 2 aromatic carbocycles. The minimum absolute atomic E-state index is 0.0107. The molecule has 2 aromatic rings. The first-order chi connectivity index (χ1) is 12.3. The number of hydrogen-bond acceptors (Lipinski definition) is 5. The Hall–Kier alpha value is -2.52. The molecule has 0 radical (unpaired) electrons. The zero-order valence-corrected chi connectivity index (χ0v) is 15.2. The van der Waals surface area contributed by atoms with Crippen molar-refractivity contribution in [1.29, 1.82) is 0 Å². The molecule has 9 heteroatoms. The van der Waals surface area contributed by atoms with E-state index in [1.54, 1.807) is 13.8 Å². The fourth-order valence-electron chi connectivity index (χ4n) is 2.38. The van der Waals surface area contributed by atoms with Crippen LogP contribution in [0.3, 0.4) is 0 Å². The van der Waals surface area contributed by atoms with Gasteiger partial charge in [-0.15, -0.1) is 0 Å². The van der Waals surface area contributed by atoms with Crippen molar-refractivity contribution in [1.82, 2.24) is 4.31 Å². The Bertz CT molecular complexity index is 881. The van der Waals surface area contributed by atoms with Crippen molar-refractivity contribution in [2.45, 2.75) is 25.3 Å². The standard InChI is InChI=1S/C17H19FN2O5S/c1-3-19(4-2)26(23,24)15-9-10-17(16(11-15)20(21)22)25-12-13-5-7-14(18)8-6-13/h5-11H,3-4,12H2,1-2H3. The highest BCUT2D eigenvalue weighted by atomic mass is 32.2. The lowest BCUT2D eigenvalue weighted by molar-refractivity contribution is -0.386. The van der Waals surface area contributed by atoms with Crippen LogP contribution in [0.25, 0.3) is 0 Å². The largest absolute Gasteiger partial charge is 0.482 e. The molecule has 0 aliphatic carbocycles. The zero-order valence-electron chi connectivity index (χ0n) is 14.4. The molecular weight excluding hydrogens is 363 g/mol. The minimum atomic E-state index is -3.81. The molecule has 0 aromatic heterocycles. The molecule has 0 unspecified atom stereocenters. The molecule has 0 fully saturated rings. The summed E-state index contributed by atoms with van der Waals surface area (Å²) in [5.74, 6) is -0.455. The van der Waals surface area contributed by atoms with Gasteiger partial charge in [-0.05, 0) is 29.8 Å². The summed E-state index contributed by atoms with van der Waals surface area (Å²) in [6.07, 6.45) is 0. The lowest BCUT2D eigenvalue weighted by atomic mass is 10.2. The van der Waals surface area contributed by atoms with Crippen molar-refractivity contribution in [3.63, 3.8) is 0 Å². The molecule has 0 aliphatic rings. The maximum absolute atomic E-state index is 12.9. The quantitative estimate of drug-likeness (QED) is 0.516. The molecule has 0 amide bonds. The number of sulfonamides is 1. The topological polar surface area (TPSA) is 89.8 Å². The smallest absolute Gasteiger partial charge is 0.312 e. The highest BCUT2D eigenvalue weighted by Gasteiger charge is 2.26. The average Bonchev–Trinajstić information content (AvgIpc) is 2.61. The van der Waals surface area contributed by atoms with Gasteiger partial charge >= 0.3 is 5.69 Å². The molecule has 0 bridgehead atoms. The van der Waals surface area contributed by atoms with E-state index < -0.39 is 26.5 Å². The first kappa shape index (κ1) is 19.8. The van der Waals surface area contributed by atoms with Crippen LogP contribution in [0.15, 0.2) is 47.4 Å². The van der Waals surface area contributed by atoms with Crippen molar-refractivity contribution in [2.75, 3.05) is 13.1 Å². The fraction of sp³-hybridized carbons (Fsp3) is 0.294. The Labute approximate surface area is 151 Å². The summed E-state index contributed by atoms with van der Waals surface area (Å²) in [6, 6.07) is 9.05. The zero-order chi connectivity index (χ0) is 19.3. The number of halogens is 1. The van der Waals surface area contributed by atoms with Gasteiger partial charge in [0.1, 0.15) is 12.4 Å². The summed E-state index contributed by atoms with van der Waals surface area (Å²) < 4.78 is 44.6. The van der Waals surface area contributed by atoms with Crippen LogP contribution >= 0.6 is 0 Å². The normalized spacial score (nSPS) is 11.5. The lowest BCUT2D eigenvalue weighted by Gasteiger charge is -2.18. The van der Waals surface area contributed by atoms with Crippen molar-refractivity contribution >= 4 is 15.7 Å². The van der Waals surface area contributed by atoms with Gasteiger partial charge in [-0.3, -0.25) is 10.1 Å². The van der Waals surface area contributed by atoms with Crippen LogP contribution in [0.4, 0.5) is 10.1 Å². The van der Waals surface area contributed by atoms with Gasteiger partial charge in [0, 0.05) is 19.2 Å². The third-order valence-corrected chi connectivity index (χ3v) is 5.82. The Morgan fingerprint density at radius 3 is 2.27 bits per heavy atom. The second kappa shape index (κ2) is 8.24. The predicted octanol–water partition coefficient (Wildman–Crippen LogP) is 3.34. The molecule has 0 saturated heterocycles. The number of benzene rings is 2. The van der Waals surface area contributed by atoms with E-state index in [2.05, 4.69) is 0 Å². The Morgan fingerprint density at radius 2 is 1.73 bits per heavy atom. The van der Waals surface area contributed by atoms with Crippen LogP contribution < -0.4 is 4.74 Å². The van der Waals surface area contributed by atoms with Crippen LogP contribution in [0.2, 0.25) is 0 Å². The average molecular weight is 382 g/mol. The highest BCUT2D eigenvalue weighted by Crippen LogP contribution is 2.31. The monoisotopic (exact) mass is 382 g/mol. The molecule has 0 aliphatic heterocycles. The first-order valence-corrected chi connectivity index (χ1v) is 9.39. The van der Waals surface area contributed by atoms with Crippen molar-refractivity contribution < 1.29 is 22.5 Å². The van der Waals surface area contributed by atoms with Crippen molar-refractivity contribution in [2.24, 2.45) is 0 Å². The van der Waals surface area contributed by atoms with E-state index in [0.29, 0.717) is 5.56 Å². The molecule has 0 N–H and O–H groups in total. The second-order valence-corrected chi connectivity index (χ2v) is 7.33. The molecular formula is C17H19FN2O5S. The van der Waals surface area contributed by atoms with Gasteiger partial charge in [0.05, 0.1) is 9.82 Å². The maximum atomic E-state index is 12.9. The van der Waals surface area contributed by atoms with Crippen molar-refractivity contribution in [3.8, 4) is 5.75 Å². The number of nitro groups is 1. The van der Waals surface area contributed by atoms with E-state index in [9.17, 15) is 22.9 Å². The molecule has 2 rings (SSSR count). The Balaban J connectivity index is 2.31. The Kier molecular flexibility index (Phi) is 6.27. The fourth-order valence-corrected chi connectivity index (χ4v) is 3.86. The molecule has 140 valence electrons. The van der Waals surface area contributed by atoms with Crippen LogP contribution in [-0.4, -0.2) is 30.7 Å². The first-order valence-electron chi connectivity index (χ1n) is 7.95. The van der Waals surface area contributed by atoms with E-state index in [0.717, 1.165) is 6.07 Å². The SMILES string of the molecule is CCN(CC)S(=O)(=O)c1ccc(OCc2ccc(F)cc2)c([N+](=O)[O-])c1. The summed E-state index contributed by atoms with van der Waals surface area (Å²) in [5, 5.41) is 11.3. The third kappa shape index (κ3) is 4.36. The predicted molar refractivity (Wildman–Crippen MR) is 93.9 cm³/mol. The lowest BCUT2D eigenvalue weighted by Crippen LogP contribution is -2.30. The summed E-state index contributed by atoms with van der Waals surface area (Å²) in [4.78, 5) is 10.5. The molecule has 0 heterocycles. The molecule has 26 heavy (non-hydrogen) atoms. The van der Waals surface area contributed by atoms with Crippen LogP contribution in [0.1, 0.15) is 19.4 Å². The van der Waals surface area contributed by atoms with Crippen LogP contribution in [-0.2, 0) is 16.6 Å². The minimum Gasteiger partial charge on any atom is -0.482 e. The van der Waals surface area contributed by atoms with Crippen LogP contribution in [0.5, 0.6) is 5.75 Å². The Morgan fingerprint density at radius 1 is 1.12 bits per heavy atom. The summed E-state index contributed by atoms with van der Waals surface area (Å²) >= 11 is 0. The molecule has 0 spiro atoms. The van der Waals surface area contributed by atoms with E-state index in [1.165, 1.54) is 40.7 Å². The number of hydrogen-bond donors (Lipinski definition) is 0. The van der Waals surface area contributed by atoms with E-state index in [1.807, 2.05) is 0 Å². The van der Waals surface area contributed by atoms with Gasteiger partial charge in [0.25, 0.3) is 0 Å². The maximum Gasteiger partial charge on any atom is 0.312 e. The summed E-state index contributed by atoms with van der Waals surface area (Å²) in [6.45, 7) is 3.89. The van der Waals surface area contributed by atoms with E-state index in [-0.39, 0.29) is 30.3 Å². The molecule has 0 saturated carbocycles. The van der Waals surface area contributed by atoms with Crippen molar-refractivity contribution in [3.05, 3.63) is 64.0 Å².